The van der Waals surface area contributed by atoms with Crippen LogP contribution in [0.5, 0.6) is 5.88 Å². The summed E-state index contributed by atoms with van der Waals surface area (Å²) >= 11 is 3.70. The summed E-state index contributed by atoms with van der Waals surface area (Å²) in [6.45, 7) is 4.23. The summed E-state index contributed by atoms with van der Waals surface area (Å²) in [5.74, 6) is -0.452. The van der Waals surface area contributed by atoms with Gasteiger partial charge in [0.2, 0.25) is 0 Å². The zero-order valence-electron chi connectivity index (χ0n) is 23.8. The lowest BCUT2D eigenvalue weighted by molar-refractivity contribution is -0.180. The Labute approximate surface area is 254 Å². The minimum Gasteiger partial charge on any atom is -0.394 e. The van der Waals surface area contributed by atoms with E-state index in [1.54, 1.807) is 6.20 Å². The fourth-order valence-electron chi connectivity index (χ4n) is 4.78. The molecule has 5 aromatic rings. The standard InChI is InChI=1S/C26H28N6O2.C6H4F2S/c1-31-9-11-32(12-10-31)21-6-3-17(4-7-21)22-14-19-13-18(5-8-24(19)30-25(22)28)20-15-23(27)26(29-16-20)34-33-2;7-4-1-2-6(9)5(8)3-4/h3-8,13-16H,9-12,27H2,1-2H3,(H2,28,30);1-3,9H. The average Bonchev–Trinajstić information content (AvgIpc) is 3.00. The Morgan fingerprint density at radius 1 is 0.837 bits per heavy atom. The molecule has 1 aliphatic heterocycles. The molecule has 222 valence electrons. The van der Waals surface area contributed by atoms with Gasteiger partial charge in [-0.2, -0.15) is 4.89 Å². The summed E-state index contributed by atoms with van der Waals surface area (Å²) in [5.41, 5.74) is 18.7. The number of anilines is 3. The van der Waals surface area contributed by atoms with Crippen molar-refractivity contribution < 1.29 is 18.6 Å². The molecule has 3 aromatic carbocycles. The van der Waals surface area contributed by atoms with Crippen molar-refractivity contribution in [3.05, 3.63) is 90.6 Å². The van der Waals surface area contributed by atoms with Crippen LogP contribution < -0.4 is 21.3 Å². The molecule has 8 nitrogen and oxygen atoms in total. The zero-order chi connectivity index (χ0) is 30.5. The summed E-state index contributed by atoms with van der Waals surface area (Å²) in [7, 11) is 3.58. The Balaban J connectivity index is 0.000000351. The minimum atomic E-state index is -0.627. The van der Waals surface area contributed by atoms with E-state index in [4.69, 9.17) is 16.4 Å². The molecule has 43 heavy (non-hydrogen) atoms. The lowest BCUT2D eigenvalue weighted by atomic mass is 10.0. The zero-order valence-corrected chi connectivity index (χ0v) is 24.7. The fourth-order valence-corrected chi connectivity index (χ4v) is 4.91. The number of hydrogen-bond donors (Lipinski definition) is 3. The highest BCUT2D eigenvalue weighted by Gasteiger charge is 2.15. The maximum atomic E-state index is 12.3. The largest absolute Gasteiger partial charge is 0.394 e. The van der Waals surface area contributed by atoms with E-state index in [0.717, 1.165) is 71.5 Å². The molecule has 0 bridgehead atoms. The number of nitrogens with two attached hydrogens (primary N) is 2. The summed E-state index contributed by atoms with van der Waals surface area (Å²) < 4.78 is 24.3. The van der Waals surface area contributed by atoms with Crippen molar-refractivity contribution >= 4 is 40.7 Å². The van der Waals surface area contributed by atoms with E-state index in [0.29, 0.717) is 11.5 Å². The van der Waals surface area contributed by atoms with E-state index in [9.17, 15) is 8.78 Å². The summed E-state index contributed by atoms with van der Waals surface area (Å²) in [6, 6.07) is 21.7. The summed E-state index contributed by atoms with van der Waals surface area (Å²) in [4.78, 5) is 23.4. The van der Waals surface area contributed by atoms with E-state index in [2.05, 4.69) is 80.7 Å². The van der Waals surface area contributed by atoms with E-state index in [-0.39, 0.29) is 10.8 Å². The molecule has 0 radical (unpaired) electrons. The number of fused-ring (bicyclic) bond motifs is 1. The van der Waals surface area contributed by atoms with Gasteiger partial charge in [0.25, 0.3) is 5.88 Å². The highest BCUT2D eigenvalue weighted by molar-refractivity contribution is 7.80. The number of benzene rings is 3. The predicted octanol–water partition coefficient (Wildman–Crippen LogP) is 6.07. The van der Waals surface area contributed by atoms with Crippen molar-refractivity contribution in [1.82, 2.24) is 14.9 Å². The summed E-state index contributed by atoms with van der Waals surface area (Å²) in [6.07, 6.45) is 1.70. The Bertz CT molecular complexity index is 1730. The highest BCUT2D eigenvalue weighted by atomic mass is 32.1. The van der Waals surface area contributed by atoms with Gasteiger partial charge < -0.3 is 26.2 Å². The van der Waals surface area contributed by atoms with Crippen molar-refractivity contribution in [2.75, 3.05) is 56.7 Å². The molecule has 0 amide bonds. The van der Waals surface area contributed by atoms with Crippen LogP contribution in [-0.2, 0) is 4.89 Å². The summed E-state index contributed by atoms with van der Waals surface area (Å²) in [5, 5.41) is 0.987. The molecule has 0 atom stereocenters. The third-order valence-electron chi connectivity index (χ3n) is 7.18. The molecular formula is C32H32F2N6O2S. The topological polar surface area (TPSA) is 103 Å². The van der Waals surface area contributed by atoms with Crippen molar-refractivity contribution in [3.8, 4) is 28.1 Å². The number of likely N-dealkylation sites (N-methyl/N-ethyl adjacent to an activating group) is 1. The van der Waals surface area contributed by atoms with Crippen LogP contribution in [0.4, 0.5) is 26.0 Å². The maximum Gasteiger partial charge on any atom is 0.279 e. The molecule has 0 spiro atoms. The van der Waals surface area contributed by atoms with Crippen LogP contribution in [0.3, 0.4) is 0 Å². The smallest absolute Gasteiger partial charge is 0.279 e. The monoisotopic (exact) mass is 602 g/mol. The van der Waals surface area contributed by atoms with Gasteiger partial charge >= 0.3 is 0 Å². The number of nitrogen functional groups attached to an aromatic ring is 2. The quantitative estimate of drug-likeness (QED) is 0.127. The van der Waals surface area contributed by atoms with Crippen LogP contribution in [0.15, 0.2) is 83.9 Å². The SMILES string of the molecule is COOc1ncc(-c2ccc3nc(N)c(-c4ccc(N5CCN(C)CC5)cc4)cc3c2)cc1N.Fc1ccc(S)c(F)c1. The first-order chi connectivity index (χ1) is 20.7. The number of pyridine rings is 2. The van der Waals surface area contributed by atoms with Gasteiger partial charge in [0.05, 0.1) is 18.3 Å². The van der Waals surface area contributed by atoms with E-state index in [1.807, 2.05) is 18.2 Å². The van der Waals surface area contributed by atoms with Crippen molar-refractivity contribution in [1.29, 1.82) is 0 Å². The normalized spacial score (nSPS) is 13.5. The van der Waals surface area contributed by atoms with Gasteiger partial charge in [0, 0.05) is 65.5 Å². The fraction of sp³-hybridized carbons (Fsp3) is 0.188. The van der Waals surface area contributed by atoms with Crippen LogP contribution in [0.1, 0.15) is 0 Å². The Morgan fingerprint density at radius 3 is 2.21 bits per heavy atom. The van der Waals surface area contributed by atoms with Gasteiger partial charge in [-0.05, 0) is 66.7 Å². The molecule has 1 fully saturated rings. The van der Waals surface area contributed by atoms with E-state index < -0.39 is 11.6 Å². The van der Waals surface area contributed by atoms with Crippen molar-refractivity contribution in [2.45, 2.75) is 4.90 Å². The van der Waals surface area contributed by atoms with Gasteiger partial charge in [-0.15, -0.1) is 12.6 Å². The highest BCUT2D eigenvalue weighted by Crippen LogP contribution is 2.33. The molecule has 2 aromatic heterocycles. The van der Waals surface area contributed by atoms with Gasteiger partial charge in [-0.3, -0.25) is 0 Å². The van der Waals surface area contributed by atoms with Crippen LogP contribution >= 0.6 is 12.6 Å². The lowest BCUT2D eigenvalue weighted by Crippen LogP contribution is -2.44. The Kier molecular flexibility index (Phi) is 9.24. The van der Waals surface area contributed by atoms with E-state index in [1.165, 1.54) is 18.9 Å². The molecule has 6 rings (SSSR count). The molecule has 4 N–H and O–H groups in total. The Hall–Kier alpha value is -4.45. The first-order valence-electron chi connectivity index (χ1n) is 13.6. The predicted molar refractivity (Wildman–Crippen MR) is 170 cm³/mol. The lowest BCUT2D eigenvalue weighted by Gasteiger charge is -2.34. The number of rotatable bonds is 5. The molecule has 0 saturated carbocycles. The van der Waals surface area contributed by atoms with Crippen LogP contribution in [0, 0.1) is 11.6 Å². The first-order valence-corrected chi connectivity index (χ1v) is 14.0. The second kappa shape index (κ2) is 13.2. The maximum absolute atomic E-state index is 12.3. The van der Waals surface area contributed by atoms with Gasteiger partial charge in [0.15, 0.2) is 0 Å². The third-order valence-corrected chi connectivity index (χ3v) is 7.54. The number of halogens is 2. The second-order valence-electron chi connectivity index (χ2n) is 10.1. The number of nitrogens with zero attached hydrogens (tertiary/aromatic N) is 4. The number of thiol groups is 1. The molecule has 3 heterocycles. The van der Waals surface area contributed by atoms with Crippen molar-refractivity contribution in [2.24, 2.45) is 0 Å². The first kappa shape index (κ1) is 30.0. The van der Waals surface area contributed by atoms with Gasteiger partial charge in [0.1, 0.15) is 17.5 Å². The number of aromatic nitrogens is 2. The van der Waals surface area contributed by atoms with Gasteiger partial charge in [-0.1, -0.05) is 18.2 Å². The molecule has 1 saturated heterocycles. The second-order valence-corrected chi connectivity index (χ2v) is 10.6. The molecule has 11 heteroatoms. The average molecular weight is 603 g/mol. The molecule has 1 aliphatic rings. The van der Waals surface area contributed by atoms with Crippen LogP contribution in [-0.4, -0.2) is 55.2 Å². The number of piperazine rings is 1. The Morgan fingerprint density at radius 2 is 1.56 bits per heavy atom. The third kappa shape index (κ3) is 7.14. The van der Waals surface area contributed by atoms with Gasteiger partial charge in [-0.25, -0.2) is 18.7 Å². The number of hydrogen-bond acceptors (Lipinski definition) is 9. The molecule has 0 unspecified atom stereocenters. The van der Waals surface area contributed by atoms with Crippen LogP contribution in [0.25, 0.3) is 33.2 Å². The van der Waals surface area contributed by atoms with Crippen molar-refractivity contribution in [3.63, 3.8) is 0 Å². The molecular weight excluding hydrogens is 570 g/mol. The minimum absolute atomic E-state index is 0.163. The van der Waals surface area contributed by atoms with Crippen LogP contribution in [0.2, 0.25) is 0 Å². The molecule has 0 aliphatic carbocycles. The van der Waals surface area contributed by atoms with E-state index >= 15 is 0 Å².